The van der Waals surface area contributed by atoms with Crippen molar-refractivity contribution >= 4 is 17.9 Å². The average Bonchev–Trinajstić information content (AvgIpc) is 2.54. The van der Waals surface area contributed by atoms with Crippen molar-refractivity contribution in [3.8, 4) is 0 Å². The summed E-state index contributed by atoms with van der Waals surface area (Å²) in [5, 5.41) is 0. The normalized spacial score (nSPS) is 16.5. The molecule has 0 bridgehead atoms. The molecule has 0 spiro atoms. The molecule has 1 aromatic carbocycles. The first-order chi connectivity index (χ1) is 8.11. The Kier molecular flexibility index (Phi) is 2.91. The van der Waals surface area contributed by atoms with E-state index in [0.29, 0.717) is 11.1 Å². The second kappa shape index (κ2) is 4.37. The number of carbonyl (C=O) groups excluding carboxylic acids is 2. The highest BCUT2D eigenvalue weighted by Gasteiger charge is 2.31. The van der Waals surface area contributed by atoms with Crippen molar-refractivity contribution in [1.29, 1.82) is 0 Å². The molecule has 2 amide bonds. The molecular weight excluding hydrogens is 214 g/mol. The number of imide groups is 1. The Morgan fingerprint density at radius 3 is 2.00 bits per heavy atom. The van der Waals surface area contributed by atoms with E-state index < -0.39 is 0 Å². The van der Waals surface area contributed by atoms with Crippen LogP contribution in [0.4, 0.5) is 0 Å². The van der Waals surface area contributed by atoms with E-state index in [0.717, 1.165) is 10.5 Å². The van der Waals surface area contributed by atoms with E-state index in [1.54, 1.807) is 19.9 Å². The number of carbonyl (C=O) groups is 2. The summed E-state index contributed by atoms with van der Waals surface area (Å²) in [5.41, 5.74) is 2.00. The van der Waals surface area contributed by atoms with Crippen molar-refractivity contribution in [2.24, 2.45) is 0 Å². The van der Waals surface area contributed by atoms with E-state index in [1.807, 2.05) is 30.3 Å². The molecular formula is C14H13NO2. The number of hydrogen-bond acceptors (Lipinski definition) is 2. The predicted octanol–water partition coefficient (Wildman–Crippen LogP) is 2.36. The number of hydrogen-bond donors (Lipinski definition) is 0. The maximum atomic E-state index is 11.7. The van der Waals surface area contributed by atoms with Crippen LogP contribution in [0, 0.1) is 0 Å². The number of nitrogens with zero attached hydrogens (tertiary/aromatic N) is 1. The van der Waals surface area contributed by atoms with Crippen LogP contribution in [-0.2, 0) is 9.59 Å². The quantitative estimate of drug-likeness (QED) is 0.727. The Bertz CT molecular complexity index is 502. The molecule has 0 saturated heterocycles. The Hall–Kier alpha value is -2.16. The summed E-state index contributed by atoms with van der Waals surface area (Å²) in [6.07, 6.45) is 3.28. The highest BCUT2D eigenvalue weighted by Crippen LogP contribution is 2.20. The third kappa shape index (κ3) is 2.04. The molecule has 1 aliphatic rings. The molecule has 2 rings (SSSR count). The average molecular weight is 227 g/mol. The van der Waals surface area contributed by atoms with Gasteiger partial charge in [-0.1, -0.05) is 30.3 Å². The lowest BCUT2D eigenvalue weighted by Gasteiger charge is -2.07. The first-order valence-corrected chi connectivity index (χ1v) is 5.40. The summed E-state index contributed by atoms with van der Waals surface area (Å²) in [7, 11) is 0. The molecule has 0 unspecified atom stereocenters. The molecule has 0 radical (unpaired) electrons. The van der Waals surface area contributed by atoms with Crippen molar-refractivity contribution in [3.63, 3.8) is 0 Å². The van der Waals surface area contributed by atoms with Gasteiger partial charge in [0.05, 0.1) is 0 Å². The van der Waals surface area contributed by atoms with Crippen LogP contribution < -0.4 is 0 Å². The van der Waals surface area contributed by atoms with Gasteiger partial charge in [-0.05, 0) is 25.5 Å². The van der Waals surface area contributed by atoms with E-state index in [-0.39, 0.29) is 11.8 Å². The zero-order valence-corrected chi connectivity index (χ0v) is 9.81. The van der Waals surface area contributed by atoms with Gasteiger partial charge in [0, 0.05) is 17.3 Å². The highest BCUT2D eigenvalue weighted by atomic mass is 16.2. The van der Waals surface area contributed by atoms with Crippen molar-refractivity contribution in [3.05, 3.63) is 53.2 Å². The molecule has 0 aliphatic carbocycles. The Labute approximate surface area is 100 Å². The molecule has 0 saturated carbocycles. The minimum Gasteiger partial charge on any atom is -0.269 e. The molecule has 0 atom stereocenters. The molecule has 17 heavy (non-hydrogen) atoms. The number of amides is 2. The third-order valence-corrected chi connectivity index (χ3v) is 2.86. The van der Waals surface area contributed by atoms with Crippen LogP contribution in [0.1, 0.15) is 19.4 Å². The summed E-state index contributed by atoms with van der Waals surface area (Å²) in [6, 6.07) is 9.55. The highest BCUT2D eigenvalue weighted by molar-refractivity contribution is 6.19. The first kappa shape index (κ1) is 11.3. The minimum absolute atomic E-state index is 0.236. The van der Waals surface area contributed by atoms with Gasteiger partial charge in [-0.2, -0.15) is 0 Å². The molecule has 1 aliphatic heterocycles. The minimum atomic E-state index is -0.236. The number of rotatable bonds is 2. The zero-order valence-electron chi connectivity index (χ0n) is 9.81. The predicted molar refractivity (Wildman–Crippen MR) is 65.7 cm³/mol. The van der Waals surface area contributed by atoms with Crippen molar-refractivity contribution in [2.75, 3.05) is 0 Å². The van der Waals surface area contributed by atoms with Crippen LogP contribution >= 0.6 is 0 Å². The Balaban J connectivity index is 2.20. The summed E-state index contributed by atoms with van der Waals surface area (Å²) in [4.78, 5) is 24.6. The molecule has 3 heteroatoms. The topological polar surface area (TPSA) is 37.4 Å². The van der Waals surface area contributed by atoms with Gasteiger partial charge < -0.3 is 0 Å². The standard InChI is InChI=1S/C14H13NO2/c1-10-11(2)14(17)15(13(10)16)9-8-12-6-4-3-5-7-12/h3-9H,1-2H3. The van der Waals surface area contributed by atoms with E-state index in [1.165, 1.54) is 6.20 Å². The smallest absolute Gasteiger partial charge is 0.260 e. The summed E-state index contributed by atoms with van der Waals surface area (Å²) in [5.74, 6) is -0.473. The largest absolute Gasteiger partial charge is 0.269 e. The van der Waals surface area contributed by atoms with Crippen LogP contribution in [0.3, 0.4) is 0 Å². The van der Waals surface area contributed by atoms with Crippen LogP contribution in [0.25, 0.3) is 6.08 Å². The van der Waals surface area contributed by atoms with Crippen molar-refractivity contribution < 1.29 is 9.59 Å². The third-order valence-electron chi connectivity index (χ3n) is 2.86. The van der Waals surface area contributed by atoms with E-state index in [4.69, 9.17) is 0 Å². The van der Waals surface area contributed by atoms with E-state index in [2.05, 4.69) is 0 Å². The monoisotopic (exact) mass is 227 g/mol. The molecule has 1 heterocycles. The molecule has 0 aromatic heterocycles. The zero-order chi connectivity index (χ0) is 12.4. The van der Waals surface area contributed by atoms with E-state index >= 15 is 0 Å². The summed E-state index contributed by atoms with van der Waals surface area (Å²) in [6.45, 7) is 3.35. The molecule has 86 valence electrons. The van der Waals surface area contributed by atoms with Crippen LogP contribution in [0.2, 0.25) is 0 Å². The van der Waals surface area contributed by atoms with Gasteiger partial charge in [0.25, 0.3) is 11.8 Å². The lowest BCUT2D eigenvalue weighted by molar-refractivity contribution is -0.134. The Morgan fingerprint density at radius 1 is 0.941 bits per heavy atom. The van der Waals surface area contributed by atoms with Gasteiger partial charge in [0.1, 0.15) is 0 Å². The van der Waals surface area contributed by atoms with Gasteiger partial charge in [0.2, 0.25) is 0 Å². The maximum Gasteiger partial charge on any atom is 0.260 e. The lowest BCUT2D eigenvalue weighted by Crippen LogP contribution is -2.25. The fourth-order valence-corrected chi connectivity index (χ4v) is 1.63. The molecule has 3 nitrogen and oxygen atoms in total. The van der Waals surface area contributed by atoms with Gasteiger partial charge >= 0.3 is 0 Å². The maximum absolute atomic E-state index is 11.7. The van der Waals surface area contributed by atoms with Gasteiger partial charge in [-0.25, -0.2) is 4.90 Å². The van der Waals surface area contributed by atoms with Gasteiger partial charge in [0.15, 0.2) is 0 Å². The van der Waals surface area contributed by atoms with Crippen LogP contribution in [0.15, 0.2) is 47.7 Å². The second-order valence-corrected chi connectivity index (χ2v) is 3.96. The first-order valence-electron chi connectivity index (χ1n) is 5.40. The van der Waals surface area contributed by atoms with Crippen molar-refractivity contribution in [1.82, 2.24) is 4.90 Å². The summed E-state index contributed by atoms with van der Waals surface area (Å²) < 4.78 is 0. The SMILES string of the molecule is CC1=C(C)C(=O)N(C=Cc2ccccc2)C1=O. The molecule has 0 N–H and O–H groups in total. The second-order valence-electron chi connectivity index (χ2n) is 3.96. The van der Waals surface area contributed by atoms with Crippen molar-refractivity contribution in [2.45, 2.75) is 13.8 Å². The van der Waals surface area contributed by atoms with Crippen LogP contribution in [-0.4, -0.2) is 16.7 Å². The lowest BCUT2D eigenvalue weighted by atomic mass is 10.2. The van der Waals surface area contributed by atoms with E-state index in [9.17, 15) is 9.59 Å². The van der Waals surface area contributed by atoms with Gasteiger partial charge in [-0.3, -0.25) is 9.59 Å². The van der Waals surface area contributed by atoms with Gasteiger partial charge in [-0.15, -0.1) is 0 Å². The fraction of sp³-hybridized carbons (Fsp3) is 0.143. The Morgan fingerprint density at radius 2 is 1.47 bits per heavy atom. The van der Waals surface area contributed by atoms with Crippen LogP contribution in [0.5, 0.6) is 0 Å². The molecule has 1 aromatic rings. The number of benzene rings is 1. The summed E-state index contributed by atoms with van der Waals surface area (Å²) >= 11 is 0. The molecule has 0 fully saturated rings. The fourth-order valence-electron chi connectivity index (χ4n) is 1.63.